The van der Waals surface area contributed by atoms with E-state index in [0.29, 0.717) is 17.0 Å². The number of anilines is 2. The third-order valence-electron chi connectivity index (χ3n) is 6.07. The molecule has 0 aliphatic carbocycles. The van der Waals surface area contributed by atoms with Gasteiger partial charge in [-0.05, 0) is 32.9 Å². The standard InChI is InChI=1S/C24H34N7O7P/c1-13(2)36-23(33)15(4)30-39(34,38-16-9-7-6-8-10-16)35-11-17-19(32)14(3)22(37-17)31-12-27-18-20(26-5)28-24(25)29-21(18)31/h6-10,12-15,17,19,22,32H,11H2,1-5H3,(H,30,34)(H3,25,26,28,29)/t14-,15+,17+,19-,22+,39?/m0/s1. The maximum Gasteiger partial charge on any atom is 0.459 e. The number of nitrogens with one attached hydrogen (secondary N) is 2. The highest BCUT2D eigenvalue weighted by atomic mass is 31.2. The fourth-order valence-corrected chi connectivity index (χ4v) is 5.65. The number of benzene rings is 1. The quantitative estimate of drug-likeness (QED) is 0.197. The molecule has 0 spiro atoms. The second-order valence-corrected chi connectivity index (χ2v) is 11.1. The SMILES string of the molecule is CNc1nc(N)nc2c1ncn2[C@@H]1O[C@H](COP(=O)(N[C@H](C)C(=O)OC(C)C)Oc2ccccc2)[C@@H](O)[C@@H]1C. The highest BCUT2D eigenvalue weighted by Gasteiger charge is 2.44. The second-order valence-electron chi connectivity index (χ2n) is 9.45. The van der Waals surface area contributed by atoms with E-state index in [9.17, 15) is 14.5 Å². The molecule has 2 aromatic heterocycles. The Labute approximate surface area is 225 Å². The minimum absolute atomic E-state index is 0.0508. The first-order chi connectivity index (χ1) is 18.5. The fraction of sp³-hybridized carbons (Fsp3) is 0.500. The van der Waals surface area contributed by atoms with Crippen LogP contribution in [0.5, 0.6) is 5.75 Å². The molecule has 1 unspecified atom stereocenters. The van der Waals surface area contributed by atoms with Gasteiger partial charge >= 0.3 is 13.7 Å². The van der Waals surface area contributed by atoms with Crippen molar-refractivity contribution in [3.63, 3.8) is 0 Å². The van der Waals surface area contributed by atoms with E-state index >= 15 is 0 Å². The summed E-state index contributed by atoms with van der Waals surface area (Å²) in [6, 6.07) is 7.38. The van der Waals surface area contributed by atoms with Gasteiger partial charge in [0.15, 0.2) is 17.0 Å². The molecule has 0 amide bonds. The molecule has 0 saturated carbocycles. The van der Waals surface area contributed by atoms with E-state index in [4.69, 9.17) is 24.3 Å². The topological polar surface area (TPSA) is 185 Å². The molecule has 1 fully saturated rings. The van der Waals surface area contributed by atoms with Gasteiger partial charge in [-0.25, -0.2) is 9.55 Å². The predicted octanol–water partition coefficient (Wildman–Crippen LogP) is 2.48. The number of carbonyl (C=O) groups is 1. The summed E-state index contributed by atoms with van der Waals surface area (Å²) >= 11 is 0. The summed E-state index contributed by atoms with van der Waals surface area (Å²) in [7, 11) is -2.44. The number of carbonyl (C=O) groups excluding carboxylic acids is 1. The Morgan fingerprint density at radius 2 is 1.97 bits per heavy atom. The number of rotatable bonds is 11. The first-order valence-electron chi connectivity index (χ1n) is 12.5. The van der Waals surface area contributed by atoms with Crippen LogP contribution in [-0.4, -0.2) is 68.6 Å². The molecule has 4 rings (SSSR count). The highest BCUT2D eigenvalue weighted by molar-refractivity contribution is 7.52. The van der Waals surface area contributed by atoms with Gasteiger partial charge in [0.2, 0.25) is 5.95 Å². The Bertz CT molecular complexity index is 1340. The summed E-state index contributed by atoms with van der Waals surface area (Å²) in [6.07, 6.45) is -1.40. The van der Waals surface area contributed by atoms with Crippen molar-refractivity contribution < 1.29 is 33.0 Å². The van der Waals surface area contributed by atoms with E-state index in [2.05, 4.69) is 25.4 Å². The van der Waals surface area contributed by atoms with Crippen LogP contribution in [0.1, 0.15) is 33.9 Å². The number of nitrogen functional groups attached to an aromatic ring is 1. The van der Waals surface area contributed by atoms with Crippen LogP contribution in [0.4, 0.5) is 11.8 Å². The van der Waals surface area contributed by atoms with Gasteiger partial charge in [-0.3, -0.25) is 13.9 Å². The first kappa shape index (κ1) is 28.7. The molecule has 0 bridgehead atoms. The molecule has 0 radical (unpaired) electrons. The van der Waals surface area contributed by atoms with Gasteiger partial charge in [-0.1, -0.05) is 25.1 Å². The predicted molar refractivity (Wildman–Crippen MR) is 143 cm³/mol. The zero-order valence-corrected chi connectivity index (χ0v) is 23.2. The molecule has 212 valence electrons. The number of fused-ring (bicyclic) bond motifs is 1. The van der Waals surface area contributed by atoms with Crippen molar-refractivity contribution in [3.8, 4) is 5.75 Å². The Morgan fingerprint density at radius 3 is 2.64 bits per heavy atom. The monoisotopic (exact) mass is 563 g/mol. The number of hydrogen-bond acceptors (Lipinski definition) is 12. The van der Waals surface area contributed by atoms with Gasteiger partial charge < -0.3 is 30.2 Å². The molecule has 6 atom stereocenters. The Balaban J connectivity index is 1.52. The van der Waals surface area contributed by atoms with Crippen molar-refractivity contribution in [3.05, 3.63) is 36.7 Å². The van der Waals surface area contributed by atoms with E-state index in [1.54, 1.807) is 62.7 Å². The van der Waals surface area contributed by atoms with Gasteiger partial charge in [0.1, 0.15) is 24.1 Å². The normalized spacial score (nSPS) is 23.5. The largest absolute Gasteiger partial charge is 0.462 e. The maximum absolute atomic E-state index is 13.8. The lowest BCUT2D eigenvalue weighted by atomic mass is 10.0. The van der Waals surface area contributed by atoms with Crippen LogP contribution in [0, 0.1) is 5.92 Å². The minimum atomic E-state index is -4.14. The van der Waals surface area contributed by atoms with E-state index in [0.717, 1.165) is 0 Å². The molecule has 3 heterocycles. The van der Waals surface area contributed by atoms with E-state index in [1.807, 2.05) is 0 Å². The third-order valence-corrected chi connectivity index (χ3v) is 7.71. The summed E-state index contributed by atoms with van der Waals surface area (Å²) in [5, 5.41) is 16.5. The fourth-order valence-electron chi connectivity index (χ4n) is 4.15. The van der Waals surface area contributed by atoms with Crippen LogP contribution in [0.2, 0.25) is 0 Å². The summed E-state index contributed by atoms with van der Waals surface area (Å²) in [6.45, 7) is 6.40. The average Bonchev–Trinajstić information content (AvgIpc) is 3.42. The molecule has 1 aliphatic heterocycles. The summed E-state index contributed by atoms with van der Waals surface area (Å²) in [4.78, 5) is 25.2. The molecule has 5 N–H and O–H groups in total. The minimum Gasteiger partial charge on any atom is -0.462 e. The van der Waals surface area contributed by atoms with E-state index in [1.165, 1.54) is 13.3 Å². The lowest BCUT2D eigenvalue weighted by molar-refractivity contribution is -0.149. The van der Waals surface area contributed by atoms with Crippen LogP contribution in [0.15, 0.2) is 36.7 Å². The smallest absolute Gasteiger partial charge is 0.459 e. The molecule has 3 aromatic rings. The third kappa shape index (κ3) is 6.48. The van der Waals surface area contributed by atoms with Crippen LogP contribution >= 0.6 is 7.75 Å². The number of nitrogens with two attached hydrogens (primary N) is 1. The van der Waals surface area contributed by atoms with Crippen LogP contribution < -0.4 is 20.7 Å². The van der Waals surface area contributed by atoms with Crippen molar-refractivity contribution in [1.82, 2.24) is 24.6 Å². The molecule has 39 heavy (non-hydrogen) atoms. The Kier molecular flexibility index (Phi) is 8.72. The Hall–Kier alpha value is -3.29. The van der Waals surface area contributed by atoms with Gasteiger partial charge in [-0.2, -0.15) is 15.1 Å². The average molecular weight is 564 g/mol. The van der Waals surface area contributed by atoms with Crippen molar-refractivity contribution in [2.75, 3.05) is 24.7 Å². The van der Waals surface area contributed by atoms with Gasteiger partial charge in [0.25, 0.3) is 0 Å². The number of nitrogens with zero attached hydrogens (tertiary/aromatic N) is 4. The highest BCUT2D eigenvalue weighted by Crippen LogP contribution is 2.46. The van der Waals surface area contributed by atoms with E-state index in [-0.39, 0.29) is 24.4 Å². The molecule has 1 aromatic carbocycles. The number of imidazole rings is 1. The van der Waals surface area contributed by atoms with Gasteiger partial charge in [0.05, 0.1) is 25.1 Å². The van der Waals surface area contributed by atoms with Crippen molar-refractivity contribution in [2.45, 2.75) is 58.3 Å². The van der Waals surface area contributed by atoms with Crippen LogP contribution in [0.25, 0.3) is 11.2 Å². The van der Waals surface area contributed by atoms with Crippen molar-refractivity contribution in [1.29, 1.82) is 0 Å². The second kappa shape index (κ2) is 11.8. The lowest BCUT2D eigenvalue weighted by Gasteiger charge is -2.25. The molecular weight excluding hydrogens is 529 g/mol. The molecule has 14 nitrogen and oxygen atoms in total. The number of aliphatic hydroxyl groups is 1. The summed E-state index contributed by atoms with van der Waals surface area (Å²) < 4.78 is 38.1. The van der Waals surface area contributed by atoms with Crippen LogP contribution in [-0.2, 0) is 23.4 Å². The van der Waals surface area contributed by atoms with Gasteiger partial charge in [-0.15, -0.1) is 0 Å². The summed E-state index contributed by atoms with van der Waals surface area (Å²) in [5.74, 6) is -0.273. The summed E-state index contributed by atoms with van der Waals surface area (Å²) in [5.41, 5.74) is 6.78. The number of esters is 1. The number of aromatic nitrogens is 4. The zero-order chi connectivity index (χ0) is 28.3. The first-order valence-corrected chi connectivity index (χ1v) is 14.0. The number of aliphatic hydroxyl groups excluding tert-OH is 1. The molecule has 1 aliphatic rings. The van der Waals surface area contributed by atoms with Crippen molar-refractivity contribution >= 4 is 36.6 Å². The number of ether oxygens (including phenoxy) is 2. The van der Waals surface area contributed by atoms with Gasteiger partial charge in [0, 0.05) is 13.0 Å². The van der Waals surface area contributed by atoms with Crippen molar-refractivity contribution in [2.24, 2.45) is 5.92 Å². The zero-order valence-electron chi connectivity index (χ0n) is 22.3. The molecular formula is C24H34N7O7P. The van der Waals surface area contributed by atoms with Crippen LogP contribution in [0.3, 0.4) is 0 Å². The number of hydrogen-bond donors (Lipinski definition) is 4. The van der Waals surface area contributed by atoms with E-state index < -0.39 is 44.1 Å². The lowest BCUT2D eigenvalue weighted by Crippen LogP contribution is -2.37. The molecule has 15 heteroatoms. The maximum atomic E-state index is 13.8. The molecule has 1 saturated heterocycles. The number of para-hydroxylation sites is 1. The Morgan fingerprint density at radius 1 is 1.26 bits per heavy atom.